The van der Waals surface area contributed by atoms with Gasteiger partial charge in [0.15, 0.2) is 0 Å². The molecule has 0 atom stereocenters. The number of halogens is 5. The molecule has 23 heavy (non-hydrogen) atoms. The van der Waals surface area contributed by atoms with E-state index in [0.29, 0.717) is 10.7 Å². The number of thioether (sulfide) groups is 1. The Labute approximate surface area is 144 Å². The maximum Gasteiger partial charge on any atom is 0.446 e. The Morgan fingerprint density at radius 2 is 1.61 bits per heavy atom. The lowest BCUT2D eigenvalue weighted by Gasteiger charge is -2.10. The van der Waals surface area contributed by atoms with Crippen molar-refractivity contribution in [1.82, 2.24) is 0 Å². The van der Waals surface area contributed by atoms with E-state index in [1.54, 1.807) is 6.07 Å². The maximum absolute atomic E-state index is 12.3. The first kappa shape index (κ1) is 17.8. The first-order valence-electron chi connectivity index (χ1n) is 6.12. The third kappa shape index (κ3) is 5.85. The number of urea groups is 1. The molecule has 2 aromatic rings. The molecule has 0 aliphatic heterocycles. The number of alkyl halides is 3. The van der Waals surface area contributed by atoms with Crippen LogP contribution in [0.15, 0.2) is 47.4 Å². The molecule has 0 bridgehead atoms. The van der Waals surface area contributed by atoms with Gasteiger partial charge < -0.3 is 10.6 Å². The highest BCUT2D eigenvalue weighted by Crippen LogP contribution is 2.37. The standard InChI is InChI=1S/C14H9Cl2F3N2OS/c15-11-5-4-9(7-12(11)16)21-13(22)20-8-2-1-3-10(6-8)23-14(17,18)19/h1-7H,(H2,20,21,22). The summed E-state index contributed by atoms with van der Waals surface area (Å²) in [7, 11) is 0. The van der Waals surface area contributed by atoms with Crippen molar-refractivity contribution in [2.75, 3.05) is 10.6 Å². The van der Waals surface area contributed by atoms with Crippen molar-refractivity contribution in [3.63, 3.8) is 0 Å². The van der Waals surface area contributed by atoms with Crippen LogP contribution in [-0.4, -0.2) is 11.5 Å². The molecule has 9 heteroatoms. The fourth-order valence-electron chi connectivity index (χ4n) is 1.64. The van der Waals surface area contributed by atoms with Crippen molar-refractivity contribution >= 4 is 52.4 Å². The molecule has 0 radical (unpaired) electrons. The molecular formula is C14H9Cl2F3N2OS. The Kier molecular flexibility index (Phi) is 5.67. The monoisotopic (exact) mass is 380 g/mol. The summed E-state index contributed by atoms with van der Waals surface area (Å²) in [5.74, 6) is 0. The maximum atomic E-state index is 12.3. The topological polar surface area (TPSA) is 41.1 Å². The quantitative estimate of drug-likeness (QED) is 0.617. The Morgan fingerprint density at radius 3 is 2.22 bits per heavy atom. The zero-order valence-corrected chi connectivity index (χ0v) is 13.6. The zero-order valence-electron chi connectivity index (χ0n) is 11.2. The van der Waals surface area contributed by atoms with Gasteiger partial charge in [-0.05, 0) is 48.2 Å². The summed E-state index contributed by atoms with van der Waals surface area (Å²) >= 11 is 11.3. The number of rotatable bonds is 3. The highest BCUT2D eigenvalue weighted by Gasteiger charge is 2.29. The number of carbonyl (C=O) groups is 1. The number of nitrogens with one attached hydrogen (secondary N) is 2. The van der Waals surface area contributed by atoms with Gasteiger partial charge in [-0.25, -0.2) is 4.79 Å². The zero-order chi connectivity index (χ0) is 17.0. The van der Waals surface area contributed by atoms with Crippen molar-refractivity contribution in [1.29, 1.82) is 0 Å². The van der Waals surface area contributed by atoms with Crippen molar-refractivity contribution < 1.29 is 18.0 Å². The largest absolute Gasteiger partial charge is 0.446 e. The molecule has 2 N–H and O–H groups in total. The van der Waals surface area contributed by atoms with Gasteiger partial charge in [-0.3, -0.25) is 0 Å². The summed E-state index contributed by atoms with van der Waals surface area (Å²) in [6.07, 6.45) is 0. The number of hydrogen-bond acceptors (Lipinski definition) is 2. The molecule has 2 amide bonds. The predicted molar refractivity (Wildman–Crippen MR) is 87.5 cm³/mol. The van der Waals surface area contributed by atoms with Gasteiger partial charge in [-0.15, -0.1) is 0 Å². The second-order valence-corrected chi connectivity index (χ2v) is 6.24. The molecule has 0 spiro atoms. The highest BCUT2D eigenvalue weighted by molar-refractivity contribution is 8.00. The van der Waals surface area contributed by atoms with Gasteiger partial charge in [0, 0.05) is 16.3 Å². The highest BCUT2D eigenvalue weighted by atomic mass is 35.5. The third-order valence-electron chi connectivity index (χ3n) is 2.50. The van der Waals surface area contributed by atoms with Gasteiger partial charge in [0.2, 0.25) is 0 Å². The Bertz CT molecular complexity index is 725. The van der Waals surface area contributed by atoms with E-state index in [1.165, 1.54) is 36.4 Å². The van der Waals surface area contributed by atoms with E-state index in [0.717, 1.165) is 0 Å². The van der Waals surface area contributed by atoms with E-state index in [-0.39, 0.29) is 27.4 Å². The van der Waals surface area contributed by atoms with Gasteiger partial charge in [0.1, 0.15) is 0 Å². The molecule has 2 aromatic carbocycles. The minimum absolute atomic E-state index is 0.0233. The molecule has 0 aliphatic rings. The smallest absolute Gasteiger partial charge is 0.308 e. The summed E-state index contributed by atoms with van der Waals surface area (Å²) in [5, 5.41) is 5.56. The number of hydrogen-bond donors (Lipinski definition) is 2. The van der Waals surface area contributed by atoms with Gasteiger partial charge in [-0.1, -0.05) is 29.3 Å². The van der Waals surface area contributed by atoms with E-state index in [1.807, 2.05) is 0 Å². The van der Waals surface area contributed by atoms with E-state index >= 15 is 0 Å². The molecule has 0 heterocycles. The number of anilines is 2. The molecule has 0 saturated carbocycles. The Morgan fingerprint density at radius 1 is 0.957 bits per heavy atom. The van der Waals surface area contributed by atoms with Crippen LogP contribution in [0.3, 0.4) is 0 Å². The molecule has 0 unspecified atom stereocenters. The molecule has 2 rings (SSSR count). The van der Waals surface area contributed by atoms with Crippen molar-refractivity contribution in [2.24, 2.45) is 0 Å². The lowest BCUT2D eigenvalue weighted by atomic mass is 10.3. The molecule has 0 aliphatic carbocycles. The number of carbonyl (C=O) groups excluding carboxylic acids is 1. The summed E-state index contributed by atoms with van der Waals surface area (Å²) in [5.41, 5.74) is -3.75. The number of benzene rings is 2. The first-order valence-corrected chi connectivity index (χ1v) is 7.69. The van der Waals surface area contributed by atoms with E-state index in [9.17, 15) is 18.0 Å². The van der Waals surface area contributed by atoms with Crippen molar-refractivity contribution in [3.05, 3.63) is 52.5 Å². The van der Waals surface area contributed by atoms with Gasteiger partial charge in [0.25, 0.3) is 0 Å². The van der Waals surface area contributed by atoms with E-state index in [4.69, 9.17) is 23.2 Å². The van der Waals surface area contributed by atoms with Crippen LogP contribution in [0.2, 0.25) is 10.0 Å². The Hall–Kier alpha value is -1.57. The van der Waals surface area contributed by atoms with Crippen molar-refractivity contribution in [3.8, 4) is 0 Å². The van der Waals surface area contributed by atoms with Crippen LogP contribution in [0.5, 0.6) is 0 Å². The first-order chi connectivity index (χ1) is 10.7. The summed E-state index contributed by atoms with van der Waals surface area (Å²) in [4.78, 5) is 11.8. The van der Waals surface area contributed by atoms with Crippen LogP contribution in [0.1, 0.15) is 0 Å². The summed E-state index contributed by atoms with van der Waals surface area (Å²) < 4.78 is 37.0. The summed E-state index contributed by atoms with van der Waals surface area (Å²) in [6, 6.07) is 9.34. The second-order valence-electron chi connectivity index (χ2n) is 4.28. The molecule has 3 nitrogen and oxygen atoms in total. The second kappa shape index (κ2) is 7.33. The molecule has 0 aromatic heterocycles. The van der Waals surface area contributed by atoms with Crippen molar-refractivity contribution in [2.45, 2.75) is 10.4 Å². The molecule has 122 valence electrons. The van der Waals surface area contributed by atoms with Crippen LogP contribution < -0.4 is 10.6 Å². The third-order valence-corrected chi connectivity index (χ3v) is 3.96. The normalized spacial score (nSPS) is 11.2. The average Bonchev–Trinajstić information content (AvgIpc) is 2.41. The SMILES string of the molecule is O=C(Nc1cccc(SC(F)(F)F)c1)Nc1ccc(Cl)c(Cl)c1. The lowest BCUT2D eigenvalue weighted by molar-refractivity contribution is -0.0328. The van der Waals surface area contributed by atoms with Crippen LogP contribution >= 0.6 is 35.0 Å². The molecular weight excluding hydrogens is 372 g/mol. The fraction of sp³-hybridized carbons (Fsp3) is 0.0714. The minimum atomic E-state index is -4.39. The van der Waals surface area contributed by atoms with Crippen LogP contribution in [0.4, 0.5) is 29.3 Å². The molecule has 0 fully saturated rings. The van der Waals surface area contributed by atoms with Gasteiger partial charge in [0.05, 0.1) is 10.0 Å². The van der Waals surface area contributed by atoms with Gasteiger partial charge >= 0.3 is 11.5 Å². The fourth-order valence-corrected chi connectivity index (χ4v) is 2.54. The predicted octanol–water partition coefficient (Wildman–Crippen LogP) is 6.25. The van der Waals surface area contributed by atoms with Crippen LogP contribution in [0, 0.1) is 0 Å². The van der Waals surface area contributed by atoms with Crippen LogP contribution in [0.25, 0.3) is 0 Å². The average molecular weight is 381 g/mol. The van der Waals surface area contributed by atoms with E-state index in [2.05, 4.69) is 10.6 Å². The lowest BCUT2D eigenvalue weighted by Crippen LogP contribution is -2.19. The summed E-state index contributed by atoms with van der Waals surface area (Å²) in [6.45, 7) is 0. The number of amides is 2. The molecule has 0 saturated heterocycles. The minimum Gasteiger partial charge on any atom is -0.308 e. The Balaban J connectivity index is 2.02. The van der Waals surface area contributed by atoms with E-state index < -0.39 is 11.5 Å². The van der Waals surface area contributed by atoms with Crippen LogP contribution in [-0.2, 0) is 0 Å². The van der Waals surface area contributed by atoms with Gasteiger partial charge in [-0.2, -0.15) is 13.2 Å².